The number of benzene rings is 2. The normalized spacial score (nSPS) is 12.2. The first kappa shape index (κ1) is 23.5. The fourth-order valence-corrected chi connectivity index (χ4v) is 3.40. The van der Waals surface area contributed by atoms with Crippen molar-refractivity contribution in [1.82, 2.24) is 10.2 Å². The molecule has 5 heteroatoms. The van der Waals surface area contributed by atoms with Crippen LogP contribution in [0.15, 0.2) is 48.5 Å². The summed E-state index contributed by atoms with van der Waals surface area (Å²) in [5.41, 5.74) is 2.75. The minimum atomic E-state index is -0.570. The molecule has 2 aromatic carbocycles. The van der Waals surface area contributed by atoms with E-state index in [0.29, 0.717) is 18.7 Å². The summed E-state index contributed by atoms with van der Waals surface area (Å²) in [4.78, 5) is 27.7. The van der Waals surface area contributed by atoms with E-state index >= 15 is 0 Å². The van der Waals surface area contributed by atoms with Crippen LogP contribution in [0.25, 0.3) is 0 Å². The first-order valence-electron chi connectivity index (χ1n) is 10.5. The van der Waals surface area contributed by atoms with Gasteiger partial charge in [-0.1, -0.05) is 43.3 Å². The third kappa shape index (κ3) is 7.21. The number of hydrogen-bond donors (Lipinski definition) is 1. The molecule has 2 rings (SSSR count). The van der Waals surface area contributed by atoms with E-state index < -0.39 is 6.04 Å². The Labute approximate surface area is 180 Å². The van der Waals surface area contributed by atoms with Crippen molar-refractivity contribution in [2.24, 2.45) is 0 Å². The molecule has 162 valence electrons. The van der Waals surface area contributed by atoms with Gasteiger partial charge < -0.3 is 15.0 Å². The molecule has 0 aromatic heterocycles. The molecule has 0 heterocycles. The van der Waals surface area contributed by atoms with Crippen LogP contribution in [0.3, 0.4) is 0 Å². The molecule has 30 heavy (non-hydrogen) atoms. The van der Waals surface area contributed by atoms with Crippen molar-refractivity contribution >= 4 is 11.8 Å². The number of hydrogen-bond acceptors (Lipinski definition) is 3. The van der Waals surface area contributed by atoms with Gasteiger partial charge >= 0.3 is 0 Å². The molecule has 0 aliphatic carbocycles. The number of nitrogens with one attached hydrogen (secondary N) is 1. The smallest absolute Gasteiger partial charge is 0.261 e. The van der Waals surface area contributed by atoms with E-state index in [0.717, 1.165) is 16.7 Å². The standard InChI is InChI=1S/C25H34N2O3/c1-7-22(24(29)26-25(4,5)6)27(16-20-11-9-8-10-12-20)23(28)17-30-21-14-18(2)13-19(3)15-21/h8-15,22H,7,16-17H2,1-6H3,(H,26,29)/t22-/m1/s1. The van der Waals surface area contributed by atoms with Crippen LogP contribution in [0.5, 0.6) is 5.75 Å². The average molecular weight is 411 g/mol. The van der Waals surface area contributed by atoms with Crippen LogP contribution in [0.2, 0.25) is 0 Å². The molecule has 0 bridgehead atoms. The molecular weight excluding hydrogens is 376 g/mol. The molecule has 1 atom stereocenters. The van der Waals surface area contributed by atoms with Gasteiger partial charge in [0.1, 0.15) is 11.8 Å². The largest absolute Gasteiger partial charge is 0.484 e. The molecule has 2 amide bonds. The lowest BCUT2D eigenvalue weighted by Gasteiger charge is -2.33. The van der Waals surface area contributed by atoms with Gasteiger partial charge in [-0.2, -0.15) is 0 Å². The van der Waals surface area contributed by atoms with E-state index in [1.165, 1.54) is 0 Å². The van der Waals surface area contributed by atoms with Crippen molar-refractivity contribution in [2.45, 2.75) is 66.1 Å². The predicted molar refractivity (Wildman–Crippen MR) is 120 cm³/mol. The van der Waals surface area contributed by atoms with Crippen molar-refractivity contribution < 1.29 is 14.3 Å². The van der Waals surface area contributed by atoms with Gasteiger partial charge in [-0.3, -0.25) is 9.59 Å². The summed E-state index contributed by atoms with van der Waals surface area (Å²) in [5, 5.41) is 3.01. The molecule has 2 aromatic rings. The Morgan fingerprint density at radius 1 is 1.03 bits per heavy atom. The van der Waals surface area contributed by atoms with Gasteiger partial charge in [-0.15, -0.1) is 0 Å². The monoisotopic (exact) mass is 410 g/mol. The van der Waals surface area contributed by atoms with Crippen molar-refractivity contribution in [3.05, 3.63) is 65.2 Å². The van der Waals surface area contributed by atoms with Crippen LogP contribution in [0, 0.1) is 13.8 Å². The van der Waals surface area contributed by atoms with Crippen molar-refractivity contribution in [1.29, 1.82) is 0 Å². The lowest BCUT2D eigenvalue weighted by molar-refractivity contribution is -0.143. The Morgan fingerprint density at radius 2 is 1.63 bits per heavy atom. The highest BCUT2D eigenvalue weighted by Gasteiger charge is 2.30. The zero-order chi connectivity index (χ0) is 22.3. The number of carbonyl (C=O) groups excluding carboxylic acids is 2. The van der Waals surface area contributed by atoms with Crippen LogP contribution in [0.1, 0.15) is 50.8 Å². The summed E-state index contributed by atoms with van der Waals surface area (Å²) in [6.07, 6.45) is 0.518. The summed E-state index contributed by atoms with van der Waals surface area (Å²) in [6, 6.07) is 15.0. The second-order valence-corrected chi connectivity index (χ2v) is 8.78. The lowest BCUT2D eigenvalue weighted by atomic mass is 10.1. The molecule has 0 radical (unpaired) electrons. The highest BCUT2D eigenvalue weighted by atomic mass is 16.5. The Hall–Kier alpha value is -2.82. The van der Waals surface area contributed by atoms with Crippen molar-refractivity contribution in [3.8, 4) is 5.75 Å². The molecule has 0 aliphatic rings. The third-order valence-electron chi connectivity index (χ3n) is 4.64. The highest BCUT2D eigenvalue weighted by molar-refractivity contribution is 5.88. The number of carbonyl (C=O) groups is 2. The van der Waals surface area contributed by atoms with Gasteiger partial charge in [0.25, 0.3) is 5.91 Å². The molecule has 0 saturated heterocycles. The highest BCUT2D eigenvalue weighted by Crippen LogP contribution is 2.18. The van der Waals surface area contributed by atoms with E-state index in [4.69, 9.17) is 4.74 Å². The summed E-state index contributed by atoms with van der Waals surface area (Å²) >= 11 is 0. The average Bonchev–Trinajstić information content (AvgIpc) is 2.64. The molecule has 5 nitrogen and oxygen atoms in total. The fourth-order valence-electron chi connectivity index (χ4n) is 3.40. The number of nitrogens with zero attached hydrogens (tertiary/aromatic N) is 1. The van der Waals surface area contributed by atoms with E-state index in [-0.39, 0.29) is 24.0 Å². The van der Waals surface area contributed by atoms with Crippen LogP contribution < -0.4 is 10.1 Å². The maximum Gasteiger partial charge on any atom is 0.261 e. The van der Waals surface area contributed by atoms with E-state index in [1.807, 2.05) is 84.0 Å². The van der Waals surface area contributed by atoms with E-state index in [9.17, 15) is 9.59 Å². The lowest BCUT2D eigenvalue weighted by Crippen LogP contribution is -2.54. The minimum absolute atomic E-state index is 0.116. The second-order valence-electron chi connectivity index (χ2n) is 8.78. The fraction of sp³-hybridized carbons (Fsp3) is 0.440. The van der Waals surface area contributed by atoms with Gasteiger partial charge in [0.15, 0.2) is 6.61 Å². The molecular formula is C25H34N2O3. The Balaban J connectivity index is 2.22. The van der Waals surface area contributed by atoms with Gasteiger partial charge in [0.2, 0.25) is 5.91 Å². The van der Waals surface area contributed by atoms with Gasteiger partial charge in [-0.25, -0.2) is 0 Å². The van der Waals surface area contributed by atoms with Crippen LogP contribution in [-0.2, 0) is 16.1 Å². The maximum absolute atomic E-state index is 13.2. The minimum Gasteiger partial charge on any atom is -0.484 e. The molecule has 1 N–H and O–H groups in total. The zero-order valence-electron chi connectivity index (χ0n) is 19.0. The quantitative estimate of drug-likeness (QED) is 0.701. The summed E-state index contributed by atoms with van der Waals surface area (Å²) in [6.45, 7) is 11.9. The molecule has 0 unspecified atom stereocenters. The molecule has 0 aliphatic heterocycles. The van der Waals surface area contributed by atoms with E-state index in [1.54, 1.807) is 4.90 Å². The summed E-state index contributed by atoms with van der Waals surface area (Å²) < 4.78 is 5.80. The summed E-state index contributed by atoms with van der Waals surface area (Å²) in [5.74, 6) is 0.294. The Kier molecular flexibility index (Phi) is 8.04. The maximum atomic E-state index is 13.2. The van der Waals surface area contributed by atoms with Crippen LogP contribution in [0.4, 0.5) is 0 Å². The van der Waals surface area contributed by atoms with Crippen molar-refractivity contribution in [3.63, 3.8) is 0 Å². The van der Waals surface area contributed by atoms with Crippen LogP contribution >= 0.6 is 0 Å². The van der Waals surface area contributed by atoms with Gasteiger partial charge in [-0.05, 0) is 69.9 Å². The number of ether oxygens (including phenoxy) is 1. The van der Waals surface area contributed by atoms with Crippen LogP contribution in [-0.4, -0.2) is 34.9 Å². The summed E-state index contributed by atoms with van der Waals surface area (Å²) in [7, 11) is 0. The topological polar surface area (TPSA) is 58.6 Å². The van der Waals surface area contributed by atoms with Gasteiger partial charge in [0.05, 0.1) is 0 Å². The Bertz CT molecular complexity index is 836. The molecule has 0 fully saturated rings. The predicted octanol–water partition coefficient (Wildman–Crippen LogP) is 4.40. The SMILES string of the molecule is CC[C@H](C(=O)NC(C)(C)C)N(Cc1ccccc1)C(=O)COc1cc(C)cc(C)c1. The Morgan fingerprint density at radius 3 is 2.17 bits per heavy atom. The first-order chi connectivity index (χ1) is 14.1. The van der Waals surface area contributed by atoms with Crippen molar-refractivity contribution in [2.75, 3.05) is 6.61 Å². The molecule has 0 spiro atoms. The number of aryl methyl sites for hydroxylation is 2. The number of rotatable bonds is 8. The second kappa shape index (κ2) is 10.3. The molecule has 0 saturated carbocycles. The zero-order valence-corrected chi connectivity index (χ0v) is 19.0. The van der Waals surface area contributed by atoms with E-state index in [2.05, 4.69) is 11.4 Å². The van der Waals surface area contributed by atoms with Gasteiger partial charge in [0, 0.05) is 12.1 Å². The first-order valence-corrected chi connectivity index (χ1v) is 10.5. The number of amides is 2. The third-order valence-corrected chi connectivity index (χ3v) is 4.64.